The molecular formula is C8H11ClN2. The molecule has 11 heavy (non-hydrogen) atoms. The summed E-state index contributed by atoms with van der Waals surface area (Å²) in [7, 11) is 0. The summed E-state index contributed by atoms with van der Waals surface area (Å²) in [5.41, 5.74) is 1.22. The first-order chi connectivity index (χ1) is 5.36. The van der Waals surface area contributed by atoms with E-state index >= 15 is 0 Å². The lowest BCUT2D eigenvalue weighted by Gasteiger charge is -2.05. The van der Waals surface area contributed by atoms with Crippen LogP contribution in [0.15, 0.2) is 12.3 Å². The minimum atomic E-state index is 0.502. The Kier molecular flexibility index (Phi) is 1.88. The fourth-order valence-electron chi connectivity index (χ4n) is 1.54. The second kappa shape index (κ2) is 2.88. The third-order valence-corrected chi connectivity index (χ3v) is 2.32. The second-order valence-corrected chi connectivity index (χ2v) is 3.36. The van der Waals surface area contributed by atoms with Crippen LogP contribution in [0.5, 0.6) is 0 Å². The molecule has 2 heterocycles. The Morgan fingerprint density at radius 2 is 2.45 bits per heavy atom. The maximum absolute atomic E-state index is 5.78. The van der Waals surface area contributed by atoms with Crippen LogP contribution < -0.4 is 5.32 Å². The van der Waals surface area contributed by atoms with Crippen molar-refractivity contribution >= 4 is 11.6 Å². The average Bonchev–Trinajstić information content (AvgIpc) is 2.55. The van der Waals surface area contributed by atoms with Gasteiger partial charge in [0.2, 0.25) is 0 Å². The van der Waals surface area contributed by atoms with Crippen molar-refractivity contribution in [1.82, 2.24) is 10.3 Å². The molecule has 3 heteroatoms. The van der Waals surface area contributed by atoms with Crippen molar-refractivity contribution in [3.63, 3.8) is 0 Å². The molecule has 1 aliphatic rings. The van der Waals surface area contributed by atoms with Gasteiger partial charge in [-0.1, -0.05) is 11.6 Å². The van der Waals surface area contributed by atoms with Crippen LogP contribution in [0.1, 0.15) is 24.6 Å². The monoisotopic (exact) mass is 170 g/mol. The molecule has 2 rings (SSSR count). The first-order valence-electron chi connectivity index (χ1n) is 3.93. The molecule has 0 bridgehead atoms. The molecule has 1 fully saturated rings. The molecule has 1 atom stereocenters. The van der Waals surface area contributed by atoms with E-state index in [-0.39, 0.29) is 0 Å². The molecule has 0 spiro atoms. The first-order valence-corrected chi connectivity index (χ1v) is 4.31. The van der Waals surface area contributed by atoms with E-state index in [2.05, 4.69) is 10.3 Å². The van der Waals surface area contributed by atoms with E-state index in [1.54, 1.807) is 0 Å². The van der Waals surface area contributed by atoms with E-state index < -0.39 is 0 Å². The fraction of sp³-hybridized carbons (Fsp3) is 0.500. The Labute approximate surface area is 70.9 Å². The van der Waals surface area contributed by atoms with Crippen molar-refractivity contribution in [2.75, 3.05) is 6.54 Å². The van der Waals surface area contributed by atoms with Gasteiger partial charge in [-0.15, -0.1) is 0 Å². The van der Waals surface area contributed by atoms with Crippen molar-refractivity contribution in [3.05, 3.63) is 23.0 Å². The number of nitrogens with one attached hydrogen (secondary N) is 2. The van der Waals surface area contributed by atoms with Gasteiger partial charge in [0.05, 0.1) is 5.02 Å². The summed E-state index contributed by atoms with van der Waals surface area (Å²) >= 11 is 5.78. The third-order valence-electron chi connectivity index (χ3n) is 2.11. The molecule has 0 aromatic carbocycles. The fourth-order valence-corrected chi connectivity index (χ4v) is 1.71. The number of halogens is 1. The number of aromatic amines is 1. The Balaban J connectivity index is 2.15. The molecular weight excluding hydrogens is 160 g/mol. The molecule has 1 aromatic heterocycles. The summed E-state index contributed by atoms with van der Waals surface area (Å²) in [6.45, 7) is 1.13. The van der Waals surface area contributed by atoms with Crippen molar-refractivity contribution in [3.8, 4) is 0 Å². The number of aromatic nitrogens is 1. The normalized spacial score (nSPS) is 24.3. The predicted octanol–water partition coefficient (Wildman–Crippen LogP) is 2.09. The van der Waals surface area contributed by atoms with Crippen LogP contribution in [-0.2, 0) is 0 Å². The largest absolute Gasteiger partial charge is 0.362 e. The Hall–Kier alpha value is -0.470. The van der Waals surface area contributed by atoms with Crippen LogP contribution >= 0.6 is 11.6 Å². The molecule has 0 saturated carbocycles. The van der Waals surface area contributed by atoms with E-state index in [0.29, 0.717) is 6.04 Å². The van der Waals surface area contributed by atoms with E-state index in [1.807, 2.05) is 12.3 Å². The third kappa shape index (κ3) is 1.42. The summed E-state index contributed by atoms with van der Waals surface area (Å²) in [6.07, 6.45) is 4.31. The summed E-state index contributed by atoms with van der Waals surface area (Å²) < 4.78 is 0. The Morgan fingerprint density at radius 1 is 1.55 bits per heavy atom. The predicted molar refractivity (Wildman–Crippen MR) is 45.8 cm³/mol. The molecule has 1 aliphatic heterocycles. The zero-order chi connectivity index (χ0) is 7.68. The summed E-state index contributed by atoms with van der Waals surface area (Å²) in [6, 6.07) is 2.49. The molecule has 0 unspecified atom stereocenters. The van der Waals surface area contributed by atoms with Crippen LogP contribution in [0.2, 0.25) is 5.02 Å². The highest BCUT2D eigenvalue weighted by molar-refractivity contribution is 6.30. The highest BCUT2D eigenvalue weighted by atomic mass is 35.5. The molecule has 2 nitrogen and oxygen atoms in total. The maximum atomic E-state index is 5.78. The van der Waals surface area contributed by atoms with Crippen LogP contribution in [0.3, 0.4) is 0 Å². The Bertz CT molecular complexity index is 238. The lowest BCUT2D eigenvalue weighted by atomic mass is 10.2. The van der Waals surface area contributed by atoms with Crippen LogP contribution in [-0.4, -0.2) is 11.5 Å². The van der Waals surface area contributed by atoms with E-state index in [4.69, 9.17) is 11.6 Å². The lowest BCUT2D eigenvalue weighted by molar-refractivity contribution is 0.632. The van der Waals surface area contributed by atoms with Crippen LogP contribution in [0, 0.1) is 0 Å². The number of rotatable bonds is 1. The van der Waals surface area contributed by atoms with Gasteiger partial charge in [-0.2, -0.15) is 0 Å². The topological polar surface area (TPSA) is 27.8 Å². The van der Waals surface area contributed by atoms with E-state index in [1.165, 1.54) is 18.5 Å². The van der Waals surface area contributed by atoms with Crippen molar-refractivity contribution in [1.29, 1.82) is 0 Å². The average molecular weight is 171 g/mol. The maximum Gasteiger partial charge on any atom is 0.0583 e. The minimum Gasteiger partial charge on any atom is -0.362 e. The quantitative estimate of drug-likeness (QED) is 0.664. The van der Waals surface area contributed by atoms with Crippen molar-refractivity contribution in [2.45, 2.75) is 18.9 Å². The standard InChI is InChI=1S/C8H11ClN2/c9-6-4-8(11-5-6)7-2-1-3-10-7/h4-5,7,10-11H,1-3H2/t7-/m0/s1. The second-order valence-electron chi connectivity index (χ2n) is 2.92. The highest BCUT2D eigenvalue weighted by Crippen LogP contribution is 2.23. The number of H-pyrrole nitrogens is 1. The summed E-state index contributed by atoms with van der Waals surface area (Å²) in [5.74, 6) is 0. The van der Waals surface area contributed by atoms with Crippen LogP contribution in [0.25, 0.3) is 0 Å². The molecule has 0 aliphatic carbocycles. The Morgan fingerprint density at radius 3 is 3.00 bits per heavy atom. The summed E-state index contributed by atoms with van der Waals surface area (Å²) in [4.78, 5) is 3.15. The zero-order valence-corrected chi connectivity index (χ0v) is 6.99. The first kappa shape index (κ1) is 7.19. The van der Waals surface area contributed by atoms with Gasteiger partial charge < -0.3 is 10.3 Å². The highest BCUT2D eigenvalue weighted by Gasteiger charge is 2.16. The van der Waals surface area contributed by atoms with E-state index in [0.717, 1.165) is 11.6 Å². The van der Waals surface area contributed by atoms with Gasteiger partial charge in [0.25, 0.3) is 0 Å². The van der Waals surface area contributed by atoms with Crippen molar-refractivity contribution < 1.29 is 0 Å². The van der Waals surface area contributed by atoms with Gasteiger partial charge in [0, 0.05) is 17.9 Å². The van der Waals surface area contributed by atoms with Gasteiger partial charge in [-0.25, -0.2) is 0 Å². The van der Waals surface area contributed by atoms with Gasteiger partial charge in [0.1, 0.15) is 0 Å². The molecule has 2 N–H and O–H groups in total. The molecule has 0 amide bonds. The number of hydrogen-bond acceptors (Lipinski definition) is 1. The molecule has 60 valence electrons. The van der Waals surface area contributed by atoms with E-state index in [9.17, 15) is 0 Å². The lowest BCUT2D eigenvalue weighted by Crippen LogP contribution is -2.12. The van der Waals surface area contributed by atoms with Gasteiger partial charge >= 0.3 is 0 Å². The number of hydrogen-bond donors (Lipinski definition) is 2. The minimum absolute atomic E-state index is 0.502. The SMILES string of the molecule is Clc1c[nH]c([C@@H]2CCCN2)c1. The molecule has 1 saturated heterocycles. The van der Waals surface area contributed by atoms with Gasteiger partial charge in [0.15, 0.2) is 0 Å². The van der Waals surface area contributed by atoms with Gasteiger partial charge in [-0.05, 0) is 25.5 Å². The van der Waals surface area contributed by atoms with Crippen LogP contribution in [0.4, 0.5) is 0 Å². The smallest absolute Gasteiger partial charge is 0.0583 e. The zero-order valence-electron chi connectivity index (χ0n) is 6.23. The summed E-state index contributed by atoms with van der Waals surface area (Å²) in [5, 5.41) is 4.20. The molecule has 1 aromatic rings. The van der Waals surface area contributed by atoms with Gasteiger partial charge in [-0.3, -0.25) is 0 Å². The molecule has 0 radical (unpaired) electrons. The van der Waals surface area contributed by atoms with Crippen molar-refractivity contribution in [2.24, 2.45) is 0 Å².